The molecule has 0 saturated carbocycles. The summed E-state index contributed by atoms with van der Waals surface area (Å²) in [6.07, 6.45) is 0. The molecule has 0 atom stereocenters. The molecule has 0 spiro atoms. The lowest BCUT2D eigenvalue weighted by atomic mass is 10.1. The number of fused-ring (bicyclic) bond motifs is 1. The van der Waals surface area contributed by atoms with Crippen LogP contribution in [0.1, 0.15) is 51.2 Å². The summed E-state index contributed by atoms with van der Waals surface area (Å²) in [4.78, 5) is 39.8. The van der Waals surface area contributed by atoms with Crippen LogP contribution in [0.15, 0.2) is 42.5 Å². The first-order valence-electron chi connectivity index (χ1n) is 9.44. The van der Waals surface area contributed by atoms with Gasteiger partial charge in [-0.3, -0.25) is 4.79 Å². The molecule has 162 valence electrons. The number of carbonyl (C=O) groups is 3. The van der Waals surface area contributed by atoms with E-state index in [2.05, 4.69) is 0 Å². The second kappa shape index (κ2) is 8.69. The lowest BCUT2D eigenvalue weighted by Gasteiger charge is -2.22. The number of halogens is 1. The van der Waals surface area contributed by atoms with Gasteiger partial charge in [0.15, 0.2) is 0 Å². The summed E-state index contributed by atoms with van der Waals surface area (Å²) in [5.74, 6) is -1.60. The van der Waals surface area contributed by atoms with Crippen LogP contribution < -0.4 is 4.90 Å². The number of thiophene rings is 1. The number of rotatable bonds is 4. The van der Waals surface area contributed by atoms with Crippen LogP contribution in [0.3, 0.4) is 0 Å². The van der Waals surface area contributed by atoms with Gasteiger partial charge in [0.2, 0.25) is 0 Å². The Morgan fingerprint density at radius 2 is 1.71 bits per heavy atom. The quantitative estimate of drug-likeness (QED) is 0.476. The maximum Gasteiger partial charge on any atom is 0.339 e. The third-order valence-electron chi connectivity index (χ3n) is 4.43. The number of esters is 2. The Hall–Kier alpha value is -2.90. The van der Waals surface area contributed by atoms with Crippen molar-refractivity contribution in [2.45, 2.75) is 26.4 Å². The summed E-state index contributed by atoms with van der Waals surface area (Å²) in [6, 6.07) is 11.8. The minimum Gasteiger partial charge on any atom is -0.465 e. The number of amides is 1. The van der Waals surface area contributed by atoms with Crippen molar-refractivity contribution in [3.8, 4) is 0 Å². The van der Waals surface area contributed by atoms with Crippen LogP contribution >= 0.6 is 22.9 Å². The van der Waals surface area contributed by atoms with Crippen molar-refractivity contribution >= 4 is 56.6 Å². The van der Waals surface area contributed by atoms with Crippen molar-refractivity contribution in [3.05, 3.63) is 63.5 Å². The Labute approximate surface area is 189 Å². The number of hydrogen-bond acceptors (Lipinski definition) is 6. The van der Waals surface area contributed by atoms with E-state index in [1.54, 1.807) is 20.8 Å². The standard InChI is InChI=1S/C23H22ClNO5S/c1-23(2,3)30-21(27)13-10-11-14(22(28)29-5)16(12-13)25(4)20(26)19-18(24)15-8-6-7-9-17(15)31-19/h6-12H,1-5H3. The van der Waals surface area contributed by atoms with Gasteiger partial charge in [0.05, 0.1) is 28.9 Å². The normalized spacial score (nSPS) is 11.3. The Morgan fingerprint density at radius 3 is 2.32 bits per heavy atom. The van der Waals surface area contributed by atoms with E-state index in [0.717, 1.165) is 10.1 Å². The molecule has 3 rings (SSSR count). The van der Waals surface area contributed by atoms with Gasteiger partial charge < -0.3 is 14.4 Å². The highest BCUT2D eigenvalue weighted by molar-refractivity contribution is 7.21. The van der Waals surface area contributed by atoms with E-state index in [1.165, 1.54) is 48.6 Å². The first-order chi connectivity index (χ1) is 14.5. The third kappa shape index (κ3) is 4.73. The largest absolute Gasteiger partial charge is 0.465 e. The van der Waals surface area contributed by atoms with Crippen LogP contribution in [0.5, 0.6) is 0 Å². The van der Waals surface area contributed by atoms with Crippen LogP contribution in [0.4, 0.5) is 5.69 Å². The average Bonchev–Trinajstić information content (AvgIpc) is 3.07. The Morgan fingerprint density at radius 1 is 1.03 bits per heavy atom. The molecule has 0 bridgehead atoms. The summed E-state index contributed by atoms with van der Waals surface area (Å²) >= 11 is 7.73. The smallest absolute Gasteiger partial charge is 0.339 e. The van der Waals surface area contributed by atoms with Crippen LogP contribution in [0.25, 0.3) is 10.1 Å². The molecule has 0 saturated heterocycles. The van der Waals surface area contributed by atoms with Gasteiger partial charge >= 0.3 is 11.9 Å². The van der Waals surface area contributed by atoms with Crippen molar-refractivity contribution in [2.75, 3.05) is 19.1 Å². The molecule has 31 heavy (non-hydrogen) atoms. The van der Waals surface area contributed by atoms with Crippen molar-refractivity contribution in [3.63, 3.8) is 0 Å². The number of benzene rings is 2. The molecule has 0 unspecified atom stereocenters. The number of methoxy groups -OCH3 is 1. The second-order valence-electron chi connectivity index (χ2n) is 7.83. The van der Waals surface area contributed by atoms with Gasteiger partial charge in [-0.15, -0.1) is 11.3 Å². The van der Waals surface area contributed by atoms with Crippen molar-refractivity contribution in [1.82, 2.24) is 0 Å². The number of anilines is 1. The summed E-state index contributed by atoms with van der Waals surface area (Å²) in [5.41, 5.74) is -0.124. The van der Waals surface area contributed by atoms with Crippen LogP contribution in [-0.2, 0) is 9.47 Å². The fourth-order valence-electron chi connectivity index (χ4n) is 2.97. The van der Waals surface area contributed by atoms with Crippen LogP contribution in [0, 0.1) is 0 Å². The maximum atomic E-state index is 13.3. The van der Waals surface area contributed by atoms with E-state index in [1.807, 2.05) is 24.3 Å². The average molecular weight is 460 g/mol. The molecule has 6 nitrogen and oxygen atoms in total. The van der Waals surface area contributed by atoms with E-state index in [0.29, 0.717) is 9.90 Å². The molecule has 1 aromatic heterocycles. The van der Waals surface area contributed by atoms with Gasteiger partial charge in [-0.25, -0.2) is 9.59 Å². The summed E-state index contributed by atoms with van der Waals surface area (Å²) in [7, 11) is 2.77. The summed E-state index contributed by atoms with van der Waals surface area (Å²) in [5, 5.41) is 1.13. The summed E-state index contributed by atoms with van der Waals surface area (Å²) < 4.78 is 11.1. The lowest BCUT2D eigenvalue weighted by molar-refractivity contribution is 0.00689. The van der Waals surface area contributed by atoms with Crippen LogP contribution in [0.2, 0.25) is 5.02 Å². The molecule has 0 aliphatic rings. The molecule has 0 aliphatic heterocycles. The van der Waals surface area contributed by atoms with E-state index >= 15 is 0 Å². The second-order valence-corrected chi connectivity index (χ2v) is 9.26. The topological polar surface area (TPSA) is 72.9 Å². The lowest BCUT2D eigenvalue weighted by Crippen LogP contribution is -2.28. The molecule has 0 N–H and O–H groups in total. The zero-order chi connectivity index (χ0) is 22.9. The fraction of sp³-hybridized carbons (Fsp3) is 0.261. The molecule has 3 aromatic rings. The summed E-state index contributed by atoms with van der Waals surface area (Å²) in [6.45, 7) is 5.27. The SMILES string of the molecule is COC(=O)c1ccc(C(=O)OC(C)(C)C)cc1N(C)C(=O)c1sc2ccccc2c1Cl. The highest BCUT2D eigenvalue weighted by Crippen LogP contribution is 2.37. The molecular formula is C23H22ClNO5S. The third-order valence-corrected chi connectivity index (χ3v) is 6.10. The first-order valence-corrected chi connectivity index (χ1v) is 10.6. The Balaban J connectivity index is 2.06. The van der Waals surface area contributed by atoms with Crippen molar-refractivity contribution in [2.24, 2.45) is 0 Å². The number of carbonyl (C=O) groups excluding carboxylic acids is 3. The predicted octanol–water partition coefficient (Wildman–Crippen LogP) is 5.57. The van der Waals surface area contributed by atoms with E-state index in [9.17, 15) is 14.4 Å². The van der Waals surface area contributed by atoms with Gasteiger partial charge in [-0.1, -0.05) is 29.8 Å². The minimum atomic E-state index is -0.690. The van der Waals surface area contributed by atoms with Crippen molar-refractivity contribution < 1.29 is 23.9 Å². The van der Waals surface area contributed by atoms with Gasteiger partial charge in [0.25, 0.3) is 5.91 Å². The van der Waals surface area contributed by atoms with Crippen molar-refractivity contribution in [1.29, 1.82) is 0 Å². The predicted molar refractivity (Wildman–Crippen MR) is 123 cm³/mol. The van der Waals surface area contributed by atoms with E-state index < -0.39 is 23.4 Å². The zero-order valence-corrected chi connectivity index (χ0v) is 19.4. The molecule has 1 amide bonds. The van der Waals surface area contributed by atoms with Gasteiger partial charge in [0.1, 0.15) is 10.5 Å². The molecule has 0 aliphatic carbocycles. The molecule has 2 aromatic carbocycles. The number of ether oxygens (including phenoxy) is 2. The molecular weight excluding hydrogens is 438 g/mol. The monoisotopic (exact) mass is 459 g/mol. The van der Waals surface area contributed by atoms with E-state index in [4.69, 9.17) is 21.1 Å². The highest BCUT2D eigenvalue weighted by atomic mass is 35.5. The van der Waals surface area contributed by atoms with E-state index in [-0.39, 0.29) is 16.8 Å². The Bertz CT molecular complexity index is 1180. The van der Waals surface area contributed by atoms with Crippen LogP contribution in [-0.4, -0.2) is 37.6 Å². The maximum absolute atomic E-state index is 13.3. The first kappa shape index (κ1) is 22.8. The highest BCUT2D eigenvalue weighted by Gasteiger charge is 2.27. The Kier molecular flexibility index (Phi) is 6.38. The molecule has 0 radical (unpaired) electrons. The molecule has 1 heterocycles. The van der Waals surface area contributed by atoms with Gasteiger partial charge in [-0.2, -0.15) is 0 Å². The molecule has 0 fully saturated rings. The van der Waals surface area contributed by atoms with Gasteiger partial charge in [-0.05, 0) is 45.0 Å². The minimum absolute atomic E-state index is 0.142. The fourth-order valence-corrected chi connectivity index (χ4v) is 4.46. The molecule has 8 heteroatoms. The van der Waals surface area contributed by atoms with Gasteiger partial charge in [0, 0.05) is 17.1 Å². The zero-order valence-electron chi connectivity index (χ0n) is 17.8. The number of hydrogen-bond donors (Lipinski definition) is 0. The number of nitrogens with zero attached hydrogens (tertiary/aromatic N) is 1.